The number of benzene rings is 1. The molecule has 106 valence electrons. The van der Waals surface area contributed by atoms with E-state index < -0.39 is 0 Å². The highest BCUT2D eigenvalue weighted by molar-refractivity contribution is 6.31. The number of hydrogen-bond acceptors (Lipinski definition) is 4. The molecule has 0 saturated carbocycles. The maximum Gasteiger partial charge on any atom is 0.132 e. The molecule has 20 heavy (non-hydrogen) atoms. The van der Waals surface area contributed by atoms with Gasteiger partial charge in [0.2, 0.25) is 0 Å². The van der Waals surface area contributed by atoms with Crippen molar-refractivity contribution < 1.29 is 9.47 Å². The first-order valence-corrected chi connectivity index (χ1v) is 6.79. The minimum atomic E-state index is 0.322. The highest BCUT2D eigenvalue weighted by Crippen LogP contribution is 2.21. The van der Waals surface area contributed by atoms with Crippen LogP contribution in [0.3, 0.4) is 0 Å². The van der Waals surface area contributed by atoms with E-state index in [-0.39, 0.29) is 0 Å². The smallest absolute Gasteiger partial charge is 0.132 e. The standard InChI is InChI=1S/C15H17ClN2O2/c1-3-19-11-4-6-12(7-5-11)20-10-14-13(16)8-9-15(17-2)18-14/h4-9H,3,10H2,1-2H3,(H,17,18). The van der Waals surface area contributed by atoms with Crippen LogP contribution in [0.4, 0.5) is 5.82 Å². The first-order chi connectivity index (χ1) is 9.72. The molecule has 5 heteroatoms. The van der Waals surface area contributed by atoms with Crippen LogP contribution in [0, 0.1) is 0 Å². The number of pyridine rings is 1. The molecule has 2 rings (SSSR count). The molecule has 0 spiro atoms. The van der Waals surface area contributed by atoms with Crippen LogP contribution in [0.5, 0.6) is 11.5 Å². The number of anilines is 1. The Morgan fingerprint density at radius 3 is 2.30 bits per heavy atom. The Kier molecular flexibility index (Phi) is 5.07. The fraction of sp³-hybridized carbons (Fsp3) is 0.267. The molecule has 1 N–H and O–H groups in total. The molecule has 0 aliphatic carbocycles. The summed E-state index contributed by atoms with van der Waals surface area (Å²) in [4.78, 5) is 4.36. The Morgan fingerprint density at radius 1 is 1.05 bits per heavy atom. The quantitative estimate of drug-likeness (QED) is 0.880. The third-order valence-electron chi connectivity index (χ3n) is 2.69. The molecule has 1 heterocycles. The first kappa shape index (κ1) is 14.5. The highest BCUT2D eigenvalue weighted by atomic mass is 35.5. The maximum absolute atomic E-state index is 6.10. The minimum absolute atomic E-state index is 0.322. The monoisotopic (exact) mass is 292 g/mol. The molecule has 0 aliphatic heterocycles. The molecular weight excluding hydrogens is 276 g/mol. The largest absolute Gasteiger partial charge is 0.494 e. The van der Waals surface area contributed by atoms with Gasteiger partial charge in [0.15, 0.2) is 0 Å². The van der Waals surface area contributed by atoms with E-state index in [0.717, 1.165) is 17.3 Å². The van der Waals surface area contributed by atoms with Crippen LogP contribution in [0.15, 0.2) is 36.4 Å². The summed E-state index contributed by atoms with van der Waals surface area (Å²) < 4.78 is 11.1. The fourth-order valence-corrected chi connectivity index (χ4v) is 1.84. The topological polar surface area (TPSA) is 43.4 Å². The van der Waals surface area contributed by atoms with Crippen LogP contribution in [0.2, 0.25) is 5.02 Å². The summed E-state index contributed by atoms with van der Waals surface area (Å²) in [7, 11) is 1.81. The van der Waals surface area contributed by atoms with Crippen molar-refractivity contribution in [3.05, 3.63) is 47.1 Å². The van der Waals surface area contributed by atoms with Gasteiger partial charge in [-0.3, -0.25) is 0 Å². The summed E-state index contributed by atoms with van der Waals surface area (Å²) in [6, 6.07) is 11.1. The summed E-state index contributed by atoms with van der Waals surface area (Å²) in [5.41, 5.74) is 0.701. The summed E-state index contributed by atoms with van der Waals surface area (Å²) in [6.07, 6.45) is 0. The van der Waals surface area contributed by atoms with Crippen molar-refractivity contribution in [2.45, 2.75) is 13.5 Å². The van der Waals surface area contributed by atoms with Crippen LogP contribution in [-0.2, 0) is 6.61 Å². The molecule has 0 fully saturated rings. The molecule has 1 aromatic carbocycles. The average molecular weight is 293 g/mol. The van der Waals surface area contributed by atoms with Crippen LogP contribution in [0.1, 0.15) is 12.6 Å². The van der Waals surface area contributed by atoms with Gasteiger partial charge in [-0.2, -0.15) is 0 Å². The lowest BCUT2D eigenvalue weighted by Gasteiger charge is -2.09. The van der Waals surface area contributed by atoms with Gasteiger partial charge in [0.25, 0.3) is 0 Å². The van der Waals surface area contributed by atoms with Crippen molar-refractivity contribution >= 4 is 17.4 Å². The van der Waals surface area contributed by atoms with Crippen molar-refractivity contribution in [2.24, 2.45) is 0 Å². The lowest BCUT2D eigenvalue weighted by Crippen LogP contribution is -2.02. The van der Waals surface area contributed by atoms with Crippen molar-refractivity contribution in [2.75, 3.05) is 19.0 Å². The molecule has 0 amide bonds. The van der Waals surface area contributed by atoms with Gasteiger partial charge in [-0.05, 0) is 43.3 Å². The van der Waals surface area contributed by atoms with Crippen molar-refractivity contribution in [3.63, 3.8) is 0 Å². The zero-order chi connectivity index (χ0) is 14.4. The van der Waals surface area contributed by atoms with Gasteiger partial charge < -0.3 is 14.8 Å². The van der Waals surface area contributed by atoms with Gasteiger partial charge in [-0.1, -0.05) is 11.6 Å². The van der Waals surface area contributed by atoms with Crippen LogP contribution in [-0.4, -0.2) is 18.6 Å². The van der Waals surface area contributed by atoms with Gasteiger partial charge in [-0.15, -0.1) is 0 Å². The highest BCUT2D eigenvalue weighted by Gasteiger charge is 2.05. The second kappa shape index (κ2) is 7.01. The van der Waals surface area contributed by atoms with Crippen LogP contribution >= 0.6 is 11.6 Å². The molecule has 0 unspecified atom stereocenters. The number of nitrogens with one attached hydrogen (secondary N) is 1. The Balaban J connectivity index is 2.01. The lowest BCUT2D eigenvalue weighted by molar-refractivity contribution is 0.299. The molecule has 0 saturated heterocycles. The molecule has 0 aliphatic rings. The van der Waals surface area contributed by atoms with Crippen molar-refractivity contribution in [1.29, 1.82) is 0 Å². The third-order valence-corrected chi connectivity index (χ3v) is 3.03. The van der Waals surface area contributed by atoms with Gasteiger partial charge in [0, 0.05) is 7.05 Å². The van der Waals surface area contributed by atoms with E-state index in [1.807, 2.05) is 44.3 Å². The van der Waals surface area contributed by atoms with E-state index in [1.54, 1.807) is 6.07 Å². The molecule has 1 aromatic heterocycles. The Hall–Kier alpha value is -1.94. The molecule has 2 aromatic rings. The summed E-state index contributed by atoms with van der Waals surface area (Å²) in [6.45, 7) is 2.92. The van der Waals surface area contributed by atoms with Gasteiger partial charge in [0.1, 0.15) is 23.9 Å². The minimum Gasteiger partial charge on any atom is -0.494 e. The Bertz CT molecular complexity index is 558. The average Bonchev–Trinajstić information content (AvgIpc) is 2.48. The predicted molar refractivity (Wildman–Crippen MR) is 80.7 cm³/mol. The maximum atomic E-state index is 6.10. The SMILES string of the molecule is CCOc1ccc(OCc2nc(NC)ccc2Cl)cc1. The summed E-state index contributed by atoms with van der Waals surface area (Å²) in [5.74, 6) is 2.34. The normalized spacial score (nSPS) is 10.2. The van der Waals surface area contributed by atoms with Gasteiger partial charge in [-0.25, -0.2) is 4.98 Å². The second-order valence-electron chi connectivity index (χ2n) is 4.07. The van der Waals surface area contributed by atoms with E-state index in [1.165, 1.54) is 0 Å². The zero-order valence-corrected chi connectivity index (χ0v) is 12.3. The number of ether oxygens (including phenoxy) is 2. The number of rotatable bonds is 6. The summed E-state index contributed by atoms with van der Waals surface area (Å²) in [5, 5.41) is 3.56. The van der Waals surface area contributed by atoms with E-state index >= 15 is 0 Å². The number of halogens is 1. The molecule has 0 bridgehead atoms. The van der Waals surface area contributed by atoms with E-state index in [2.05, 4.69) is 10.3 Å². The first-order valence-electron chi connectivity index (χ1n) is 6.41. The fourth-order valence-electron chi connectivity index (χ4n) is 1.68. The predicted octanol–water partition coefficient (Wildman–Crippen LogP) is 3.75. The van der Waals surface area contributed by atoms with E-state index in [4.69, 9.17) is 21.1 Å². The number of nitrogens with zero attached hydrogens (tertiary/aromatic N) is 1. The van der Waals surface area contributed by atoms with Crippen LogP contribution < -0.4 is 14.8 Å². The number of hydrogen-bond donors (Lipinski definition) is 1. The Labute approximate surface area is 123 Å². The zero-order valence-electron chi connectivity index (χ0n) is 11.5. The second-order valence-corrected chi connectivity index (χ2v) is 4.48. The van der Waals surface area contributed by atoms with Crippen LogP contribution in [0.25, 0.3) is 0 Å². The summed E-state index contributed by atoms with van der Waals surface area (Å²) >= 11 is 6.10. The van der Waals surface area contributed by atoms with Crippen molar-refractivity contribution in [3.8, 4) is 11.5 Å². The molecule has 0 atom stereocenters. The third kappa shape index (κ3) is 3.78. The van der Waals surface area contributed by atoms with E-state index in [0.29, 0.717) is 23.9 Å². The molecular formula is C15H17ClN2O2. The van der Waals surface area contributed by atoms with Gasteiger partial charge in [0.05, 0.1) is 17.3 Å². The van der Waals surface area contributed by atoms with Crippen molar-refractivity contribution in [1.82, 2.24) is 4.98 Å². The lowest BCUT2D eigenvalue weighted by atomic mass is 10.3. The molecule has 4 nitrogen and oxygen atoms in total. The Morgan fingerprint density at radius 2 is 1.70 bits per heavy atom. The van der Waals surface area contributed by atoms with Gasteiger partial charge >= 0.3 is 0 Å². The number of aromatic nitrogens is 1. The van der Waals surface area contributed by atoms with E-state index in [9.17, 15) is 0 Å². The molecule has 0 radical (unpaired) electrons.